The summed E-state index contributed by atoms with van der Waals surface area (Å²) in [5.74, 6) is 0. The van der Waals surface area contributed by atoms with Gasteiger partial charge in [0.15, 0.2) is 0 Å². The molecule has 0 atom stereocenters. The number of hydrogen-bond acceptors (Lipinski definition) is 5. The molecule has 0 aliphatic heterocycles. The van der Waals surface area contributed by atoms with Crippen LogP contribution in [0.15, 0.2) is 48.8 Å². The lowest BCUT2D eigenvalue weighted by Gasteiger charge is -2.11. The Labute approximate surface area is 131 Å². The number of aliphatic hydroxyl groups excluding tert-OH is 1. The molecule has 0 bridgehead atoms. The molecule has 118 valence electrons. The van der Waals surface area contributed by atoms with Crippen molar-refractivity contribution in [2.24, 2.45) is 0 Å². The van der Waals surface area contributed by atoms with Crippen LogP contribution in [0, 0.1) is 0 Å². The molecule has 0 unspecified atom stereocenters. The SMILES string of the molecule is OC(CCNCc1ccccn1)CCNCc1ccccn1. The molecule has 0 aromatic carbocycles. The van der Waals surface area contributed by atoms with Gasteiger partial charge in [0.1, 0.15) is 0 Å². The second-order valence-electron chi connectivity index (χ2n) is 5.23. The minimum absolute atomic E-state index is 0.285. The largest absolute Gasteiger partial charge is 0.393 e. The maximum atomic E-state index is 9.93. The van der Waals surface area contributed by atoms with Crippen LogP contribution in [0.5, 0.6) is 0 Å². The van der Waals surface area contributed by atoms with E-state index in [1.54, 1.807) is 12.4 Å². The second-order valence-corrected chi connectivity index (χ2v) is 5.23. The summed E-state index contributed by atoms with van der Waals surface area (Å²) in [5, 5.41) is 16.5. The number of nitrogens with one attached hydrogen (secondary N) is 2. The summed E-state index contributed by atoms with van der Waals surface area (Å²) in [5.41, 5.74) is 2.04. The second kappa shape index (κ2) is 10.00. The van der Waals surface area contributed by atoms with Gasteiger partial charge >= 0.3 is 0 Å². The Bertz CT molecular complexity index is 459. The van der Waals surface area contributed by atoms with Crippen LogP contribution in [-0.2, 0) is 13.1 Å². The van der Waals surface area contributed by atoms with Crippen molar-refractivity contribution in [2.75, 3.05) is 13.1 Å². The first-order valence-electron chi connectivity index (χ1n) is 7.74. The summed E-state index contributed by atoms with van der Waals surface area (Å²) in [4.78, 5) is 8.49. The van der Waals surface area contributed by atoms with E-state index >= 15 is 0 Å². The van der Waals surface area contributed by atoms with Crippen molar-refractivity contribution in [3.05, 3.63) is 60.2 Å². The molecule has 0 fully saturated rings. The van der Waals surface area contributed by atoms with E-state index in [0.717, 1.165) is 50.4 Å². The highest BCUT2D eigenvalue weighted by atomic mass is 16.3. The van der Waals surface area contributed by atoms with Crippen molar-refractivity contribution in [3.8, 4) is 0 Å². The summed E-state index contributed by atoms with van der Waals surface area (Å²) in [6, 6.07) is 11.8. The molecule has 3 N–H and O–H groups in total. The van der Waals surface area contributed by atoms with Gasteiger partial charge < -0.3 is 15.7 Å². The summed E-state index contributed by atoms with van der Waals surface area (Å²) in [6.07, 6.45) is 4.79. The first-order chi connectivity index (χ1) is 10.8. The van der Waals surface area contributed by atoms with E-state index in [1.807, 2.05) is 36.4 Å². The smallest absolute Gasteiger partial charge is 0.0564 e. The molecule has 2 rings (SSSR count). The van der Waals surface area contributed by atoms with Gasteiger partial charge in [0.2, 0.25) is 0 Å². The van der Waals surface area contributed by atoms with Crippen LogP contribution in [0.2, 0.25) is 0 Å². The van der Waals surface area contributed by atoms with Crippen LogP contribution < -0.4 is 10.6 Å². The number of pyridine rings is 2. The molecule has 0 aliphatic carbocycles. The third kappa shape index (κ3) is 6.76. The molecule has 5 nitrogen and oxygen atoms in total. The normalized spacial score (nSPS) is 11.0. The zero-order valence-electron chi connectivity index (χ0n) is 12.8. The summed E-state index contributed by atoms with van der Waals surface area (Å²) < 4.78 is 0. The third-order valence-electron chi connectivity index (χ3n) is 3.37. The average Bonchev–Trinajstić information content (AvgIpc) is 2.57. The van der Waals surface area contributed by atoms with Gasteiger partial charge in [0, 0.05) is 25.5 Å². The van der Waals surface area contributed by atoms with E-state index in [-0.39, 0.29) is 6.10 Å². The molecule has 0 radical (unpaired) electrons. The standard InChI is InChI=1S/C17H24N4O/c22-17(7-11-18-13-15-5-1-3-9-20-15)8-12-19-14-16-6-2-4-10-21-16/h1-6,9-10,17-19,22H,7-8,11-14H2. The lowest BCUT2D eigenvalue weighted by atomic mass is 10.2. The molecule has 2 aromatic rings. The predicted molar refractivity (Wildman–Crippen MR) is 87.1 cm³/mol. The maximum Gasteiger partial charge on any atom is 0.0564 e. The van der Waals surface area contributed by atoms with Crippen LogP contribution in [0.25, 0.3) is 0 Å². The van der Waals surface area contributed by atoms with Gasteiger partial charge in [-0.3, -0.25) is 9.97 Å². The minimum atomic E-state index is -0.285. The van der Waals surface area contributed by atoms with Crippen molar-refractivity contribution < 1.29 is 5.11 Å². The molecule has 0 saturated carbocycles. The molecule has 0 amide bonds. The van der Waals surface area contributed by atoms with Gasteiger partial charge in [0.25, 0.3) is 0 Å². The number of aromatic nitrogens is 2. The number of aliphatic hydroxyl groups is 1. The van der Waals surface area contributed by atoms with E-state index in [9.17, 15) is 5.11 Å². The van der Waals surface area contributed by atoms with E-state index < -0.39 is 0 Å². The Balaban J connectivity index is 1.48. The highest BCUT2D eigenvalue weighted by molar-refractivity contribution is 5.03. The zero-order valence-corrected chi connectivity index (χ0v) is 12.8. The molecule has 22 heavy (non-hydrogen) atoms. The molecule has 0 aliphatic rings. The Kier molecular flexibility index (Phi) is 7.52. The van der Waals surface area contributed by atoms with Crippen LogP contribution in [-0.4, -0.2) is 34.3 Å². The van der Waals surface area contributed by atoms with E-state index in [4.69, 9.17) is 0 Å². The Morgan fingerprint density at radius 1 is 0.818 bits per heavy atom. The summed E-state index contributed by atoms with van der Waals surface area (Å²) >= 11 is 0. The average molecular weight is 300 g/mol. The van der Waals surface area contributed by atoms with Crippen molar-refractivity contribution in [3.63, 3.8) is 0 Å². The first kappa shape index (κ1) is 16.5. The fourth-order valence-corrected chi connectivity index (χ4v) is 2.12. The summed E-state index contributed by atoms with van der Waals surface area (Å²) in [7, 11) is 0. The molecule has 0 saturated heterocycles. The monoisotopic (exact) mass is 300 g/mol. The van der Waals surface area contributed by atoms with Crippen LogP contribution in [0.1, 0.15) is 24.2 Å². The van der Waals surface area contributed by atoms with E-state index in [0.29, 0.717) is 0 Å². The molecular weight excluding hydrogens is 276 g/mol. The van der Waals surface area contributed by atoms with Crippen molar-refractivity contribution in [2.45, 2.75) is 32.0 Å². The minimum Gasteiger partial charge on any atom is -0.393 e. The molecule has 0 spiro atoms. The van der Waals surface area contributed by atoms with Crippen molar-refractivity contribution >= 4 is 0 Å². The van der Waals surface area contributed by atoms with Gasteiger partial charge in [0.05, 0.1) is 17.5 Å². The molecule has 5 heteroatoms. The van der Waals surface area contributed by atoms with Crippen molar-refractivity contribution in [1.82, 2.24) is 20.6 Å². The Hall–Kier alpha value is -1.82. The third-order valence-corrected chi connectivity index (χ3v) is 3.37. The predicted octanol–water partition coefficient (Wildman–Crippen LogP) is 1.50. The van der Waals surface area contributed by atoms with Gasteiger partial charge in [-0.25, -0.2) is 0 Å². The van der Waals surface area contributed by atoms with Crippen molar-refractivity contribution in [1.29, 1.82) is 0 Å². The van der Waals surface area contributed by atoms with E-state index in [2.05, 4.69) is 20.6 Å². The van der Waals surface area contributed by atoms with Gasteiger partial charge in [-0.2, -0.15) is 0 Å². The molecule has 2 aromatic heterocycles. The number of nitrogens with zero attached hydrogens (tertiary/aromatic N) is 2. The highest BCUT2D eigenvalue weighted by Crippen LogP contribution is 1.98. The fourth-order valence-electron chi connectivity index (χ4n) is 2.12. The highest BCUT2D eigenvalue weighted by Gasteiger charge is 2.03. The van der Waals surface area contributed by atoms with Crippen LogP contribution in [0.4, 0.5) is 0 Å². The Morgan fingerprint density at radius 3 is 1.73 bits per heavy atom. The van der Waals surface area contributed by atoms with Gasteiger partial charge in [-0.15, -0.1) is 0 Å². The lowest BCUT2D eigenvalue weighted by Crippen LogP contribution is -2.24. The van der Waals surface area contributed by atoms with Gasteiger partial charge in [-0.05, 0) is 50.2 Å². The van der Waals surface area contributed by atoms with Crippen LogP contribution >= 0.6 is 0 Å². The summed E-state index contributed by atoms with van der Waals surface area (Å²) in [6.45, 7) is 3.06. The topological polar surface area (TPSA) is 70.1 Å². The Morgan fingerprint density at radius 2 is 1.32 bits per heavy atom. The fraction of sp³-hybridized carbons (Fsp3) is 0.412. The maximum absolute atomic E-state index is 9.93. The number of rotatable bonds is 10. The quantitative estimate of drug-likeness (QED) is 0.580. The van der Waals surface area contributed by atoms with E-state index in [1.165, 1.54) is 0 Å². The molecular formula is C17H24N4O. The first-order valence-corrected chi connectivity index (χ1v) is 7.74. The number of hydrogen-bond donors (Lipinski definition) is 3. The zero-order chi connectivity index (χ0) is 15.5. The lowest BCUT2D eigenvalue weighted by molar-refractivity contribution is 0.153. The van der Waals surface area contributed by atoms with Crippen LogP contribution in [0.3, 0.4) is 0 Å². The molecule has 2 heterocycles. The van der Waals surface area contributed by atoms with Gasteiger partial charge in [-0.1, -0.05) is 12.1 Å².